The first kappa shape index (κ1) is 13.2. The maximum Gasteiger partial charge on any atom is 0.274 e. The molecular formula is C16H14N2O3. The number of hydrogen-bond acceptors (Lipinski definition) is 4. The van der Waals surface area contributed by atoms with Crippen molar-refractivity contribution in [2.24, 2.45) is 0 Å². The Morgan fingerprint density at radius 2 is 2.00 bits per heavy atom. The van der Waals surface area contributed by atoms with Crippen molar-refractivity contribution in [1.82, 2.24) is 0 Å². The number of benzene rings is 2. The molecule has 21 heavy (non-hydrogen) atoms. The minimum atomic E-state index is -0.367. The fourth-order valence-corrected chi connectivity index (χ4v) is 2.37. The second-order valence-corrected chi connectivity index (χ2v) is 4.82. The molecule has 1 heterocycles. The summed E-state index contributed by atoms with van der Waals surface area (Å²) in [6, 6.07) is 12.8. The summed E-state index contributed by atoms with van der Waals surface area (Å²) in [6.07, 6.45) is 1.71. The lowest BCUT2D eigenvalue weighted by Crippen LogP contribution is -2.02. The first-order valence-corrected chi connectivity index (χ1v) is 6.60. The number of anilines is 1. The van der Waals surface area contributed by atoms with Gasteiger partial charge in [0.1, 0.15) is 5.58 Å². The average Bonchev–Trinajstić information content (AvgIpc) is 2.89. The summed E-state index contributed by atoms with van der Waals surface area (Å²) in [4.78, 5) is 10.6. The van der Waals surface area contributed by atoms with Gasteiger partial charge >= 0.3 is 0 Å². The van der Waals surface area contributed by atoms with Gasteiger partial charge in [0.15, 0.2) is 0 Å². The van der Waals surface area contributed by atoms with Crippen molar-refractivity contribution < 1.29 is 9.34 Å². The van der Waals surface area contributed by atoms with Crippen LogP contribution in [0.3, 0.4) is 0 Å². The third-order valence-corrected chi connectivity index (χ3v) is 3.53. The lowest BCUT2D eigenvalue weighted by molar-refractivity contribution is -0.385. The van der Waals surface area contributed by atoms with E-state index in [1.165, 1.54) is 6.07 Å². The number of nitro benzene ring substituents is 1. The molecule has 0 radical (unpaired) electrons. The van der Waals surface area contributed by atoms with E-state index in [4.69, 9.17) is 4.42 Å². The molecule has 0 aliphatic rings. The average molecular weight is 282 g/mol. The summed E-state index contributed by atoms with van der Waals surface area (Å²) in [6.45, 7) is 2.30. The number of para-hydroxylation sites is 1. The van der Waals surface area contributed by atoms with Gasteiger partial charge in [-0.3, -0.25) is 10.1 Å². The van der Waals surface area contributed by atoms with Gasteiger partial charge < -0.3 is 9.73 Å². The number of hydrogen-bond donors (Lipinski definition) is 1. The monoisotopic (exact) mass is 282 g/mol. The Bertz CT molecular complexity index is 808. The van der Waals surface area contributed by atoms with E-state index >= 15 is 0 Å². The highest BCUT2D eigenvalue weighted by Gasteiger charge is 2.13. The number of furan rings is 1. The maximum absolute atomic E-state index is 10.9. The molecule has 0 fully saturated rings. The van der Waals surface area contributed by atoms with Gasteiger partial charge in [0.05, 0.1) is 11.2 Å². The number of nitro groups is 1. The van der Waals surface area contributed by atoms with E-state index in [1.54, 1.807) is 19.3 Å². The predicted octanol–water partition coefficient (Wildman–Crippen LogP) is 4.26. The molecule has 106 valence electrons. The summed E-state index contributed by atoms with van der Waals surface area (Å²) in [5, 5.41) is 15.2. The number of nitrogens with one attached hydrogen (secondary N) is 1. The lowest BCUT2D eigenvalue weighted by Gasteiger charge is -2.08. The normalized spacial score (nSPS) is 10.7. The van der Waals surface area contributed by atoms with Gasteiger partial charge in [0.25, 0.3) is 5.69 Å². The maximum atomic E-state index is 10.9. The Balaban J connectivity index is 1.85. The molecule has 3 aromatic rings. The first-order chi connectivity index (χ1) is 10.2. The van der Waals surface area contributed by atoms with Crippen LogP contribution in [0, 0.1) is 17.0 Å². The molecular weight excluding hydrogens is 268 g/mol. The minimum absolute atomic E-state index is 0.122. The van der Waals surface area contributed by atoms with E-state index < -0.39 is 0 Å². The molecule has 0 bridgehead atoms. The van der Waals surface area contributed by atoms with Gasteiger partial charge in [0.2, 0.25) is 0 Å². The number of nitrogens with zero attached hydrogens (tertiary/aromatic N) is 1. The van der Waals surface area contributed by atoms with E-state index in [0.717, 1.165) is 22.2 Å². The van der Waals surface area contributed by atoms with Gasteiger partial charge in [-0.05, 0) is 19.1 Å². The minimum Gasteiger partial charge on any atom is -0.464 e. The smallest absolute Gasteiger partial charge is 0.274 e. The van der Waals surface area contributed by atoms with Crippen molar-refractivity contribution in [3.63, 3.8) is 0 Å². The Kier molecular flexibility index (Phi) is 3.31. The van der Waals surface area contributed by atoms with Crippen LogP contribution in [0.25, 0.3) is 11.0 Å². The summed E-state index contributed by atoms with van der Waals surface area (Å²) in [5.74, 6) is 0. The highest BCUT2D eigenvalue weighted by molar-refractivity contribution is 5.81. The van der Waals surface area contributed by atoms with Crippen molar-refractivity contribution in [3.05, 3.63) is 70.0 Å². The second-order valence-electron chi connectivity index (χ2n) is 4.82. The molecule has 0 unspecified atom stereocenters. The molecule has 0 saturated carbocycles. The molecule has 1 N–H and O–H groups in total. The third-order valence-electron chi connectivity index (χ3n) is 3.53. The van der Waals surface area contributed by atoms with Crippen LogP contribution in [-0.4, -0.2) is 4.92 Å². The van der Waals surface area contributed by atoms with Crippen molar-refractivity contribution in [2.45, 2.75) is 13.5 Å². The van der Waals surface area contributed by atoms with Crippen LogP contribution in [0.2, 0.25) is 0 Å². The summed E-state index contributed by atoms with van der Waals surface area (Å²) in [5.41, 5.74) is 3.38. The fraction of sp³-hybridized carbons (Fsp3) is 0.125. The van der Waals surface area contributed by atoms with Gasteiger partial charge in [-0.2, -0.15) is 0 Å². The first-order valence-electron chi connectivity index (χ1n) is 6.60. The lowest BCUT2D eigenvalue weighted by atomic mass is 10.1. The van der Waals surface area contributed by atoms with E-state index in [-0.39, 0.29) is 10.6 Å². The second kappa shape index (κ2) is 5.28. The highest BCUT2D eigenvalue weighted by atomic mass is 16.6. The topological polar surface area (TPSA) is 68.3 Å². The Hall–Kier alpha value is -2.82. The standard InChI is InChI=1S/C16H14N2O3/c1-11-14(6-4-7-15(11)18(19)20)17-9-12-10-21-16-8-3-2-5-13(12)16/h2-8,10,17H,9H2,1H3. The van der Waals surface area contributed by atoms with Crippen LogP contribution in [0.4, 0.5) is 11.4 Å². The van der Waals surface area contributed by atoms with Gasteiger partial charge in [-0.25, -0.2) is 0 Å². The summed E-state index contributed by atoms with van der Waals surface area (Å²) < 4.78 is 5.48. The van der Waals surface area contributed by atoms with Crippen molar-refractivity contribution in [2.75, 3.05) is 5.32 Å². The zero-order valence-electron chi connectivity index (χ0n) is 11.5. The van der Waals surface area contributed by atoms with Crippen LogP contribution < -0.4 is 5.32 Å². The van der Waals surface area contributed by atoms with Crippen LogP contribution in [-0.2, 0) is 6.54 Å². The molecule has 5 nitrogen and oxygen atoms in total. The molecule has 0 aliphatic carbocycles. The molecule has 0 saturated heterocycles. The Morgan fingerprint density at radius 1 is 1.19 bits per heavy atom. The quantitative estimate of drug-likeness (QED) is 0.573. The van der Waals surface area contributed by atoms with Crippen LogP contribution in [0.15, 0.2) is 53.1 Å². The van der Waals surface area contributed by atoms with Crippen molar-refractivity contribution in [3.8, 4) is 0 Å². The summed E-state index contributed by atoms with van der Waals surface area (Å²) in [7, 11) is 0. The molecule has 0 aliphatic heterocycles. The van der Waals surface area contributed by atoms with Crippen molar-refractivity contribution >= 4 is 22.3 Å². The van der Waals surface area contributed by atoms with E-state index in [1.807, 2.05) is 30.3 Å². The van der Waals surface area contributed by atoms with E-state index in [9.17, 15) is 10.1 Å². The SMILES string of the molecule is Cc1c(NCc2coc3ccccc23)cccc1[N+](=O)[O-]. The van der Waals surface area contributed by atoms with E-state index in [0.29, 0.717) is 12.1 Å². The molecule has 0 spiro atoms. The van der Waals surface area contributed by atoms with Gasteiger partial charge in [0, 0.05) is 34.8 Å². The van der Waals surface area contributed by atoms with E-state index in [2.05, 4.69) is 5.32 Å². The molecule has 5 heteroatoms. The van der Waals surface area contributed by atoms with Crippen LogP contribution in [0.1, 0.15) is 11.1 Å². The fourth-order valence-electron chi connectivity index (χ4n) is 2.37. The molecule has 3 rings (SSSR count). The molecule has 1 aromatic heterocycles. The van der Waals surface area contributed by atoms with Crippen LogP contribution >= 0.6 is 0 Å². The Labute approximate surface area is 121 Å². The van der Waals surface area contributed by atoms with Gasteiger partial charge in [-0.1, -0.05) is 24.3 Å². The Morgan fingerprint density at radius 3 is 2.81 bits per heavy atom. The predicted molar refractivity (Wildman–Crippen MR) is 81.4 cm³/mol. The van der Waals surface area contributed by atoms with Crippen molar-refractivity contribution in [1.29, 1.82) is 0 Å². The largest absolute Gasteiger partial charge is 0.464 e. The zero-order valence-corrected chi connectivity index (χ0v) is 11.5. The summed E-state index contributed by atoms with van der Waals surface area (Å²) >= 11 is 0. The number of fused-ring (bicyclic) bond motifs is 1. The number of rotatable bonds is 4. The third kappa shape index (κ3) is 2.45. The highest BCUT2D eigenvalue weighted by Crippen LogP contribution is 2.27. The van der Waals surface area contributed by atoms with Gasteiger partial charge in [-0.15, -0.1) is 0 Å². The van der Waals surface area contributed by atoms with Crippen LogP contribution in [0.5, 0.6) is 0 Å². The molecule has 0 amide bonds. The molecule has 2 aromatic carbocycles. The zero-order chi connectivity index (χ0) is 14.8. The molecule has 0 atom stereocenters.